The summed E-state index contributed by atoms with van der Waals surface area (Å²) in [6.45, 7) is 2.53. The smallest absolute Gasteiger partial charge is 0.220 e. The molecule has 7 nitrogen and oxygen atoms in total. The topological polar surface area (TPSA) is 74.0 Å². The maximum atomic E-state index is 11.5. The summed E-state index contributed by atoms with van der Waals surface area (Å²) < 4.78 is 2.04. The highest BCUT2D eigenvalue weighted by Gasteiger charge is 2.23. The van der Waals surface area contributed by atoms with E-state index in [1.807, 2.05) is 29.2 Å². The number of fused-ring (bicyclic) bond motifs is 1. The molecule has 0 aliphatic carbocycles. The van der Waals surface area contributed by atoms with Gasteiger partial charge in [-0.2, -0.15) is 0 Å². The lowest BCUT2D eigenvalue weighted by Gasteiger charge is -2.33. The number of rotatable bonds is 4. The molecule has 0 unspecified atom stereocenters. The third-order valence-electron chi connectivity index (χ3n) is 4.45. The fourth-order valence-electron chi connectivity index (χ4n) is 3.08. The summed E-state index contributed by atoms with van der Waals surface area (Å²) in [7, 11) is 3.51. The molecule has 2 N–H and O–H groups in total. The number of piperidine rings is 1. The van der Waals surface area contributed by atoms with E-state index in [0.29, 0.717) is 18.9 Å². The van der Waals surface area contributed by atoms with E-state index >= 15 is 0 Å². The number of halogens is 1. The maximum Gasteiger partial charge on any atom is 0.220 e. The molecule has 0 aromatic carbocycles. The van der Waals surface area contributed by atoms with E-state index < -0.39 is 0 Å². The van der Waals surface area contributed by atoms with Gasteiger partial charge in [0, 0.05) is 51.4 Å². The Morgan fingerprint density at radius 1 is 1.44 bits per heavy atom. The van der Waals surface area contributed by atoms with E-state index in [1.54, 1.807) is 18.4 Å². The van der Waals surface area contributed by atoms with Gasteiger partial charge in [-0.3, -0.25) is 14.2 Å². The number of hydrogen-bond donors (Lipinski definition) is 2. The first-order valence-electron chi connectivity index (χ1n) is 8.27. The van der Waals surface area contributed by atoms with Crippen molar-refractivity contribution >= 4 is 52.1 Å². The van der Waals surface area contributed by atoms with Crippen LogP contribution in [0.25, 0.3) is 4.96 Å². The number of imidazole rings is 1. The van der Waals surface area contributed by atoms with Gasteiger partial charge < -0.3 is 15.5 Å². The van der Waals surface area contributed by atoms with Crippen LogP contribution in [-0.4, -0.2) is 53.3 Å². The van der Waals surface area contributed by atoms with Gasteiger partial charge in [-0.15, -0.1) is 35.3 Å². The van der Waals surface area contributed by atoms with Crippen LogP contribution in [0, 0.1) is 5.92 Å². The molecule has 0 saturated carbocycles. The van der Waals surface area contributed by atoms with Crippen molar-refractivity contribution in [3.05, 3.63) is 23.5 Å². The van der Waals surface area contributed by atoms with Crippen LogP contribution in [-0.2, 0) is 11.3 Å². The summed E-state index contributed by atoms with van der Waals surface area (Å²) in [4.78, 5) is 23.7. The number of nitrogens with zero attached hydrogens (tertiary/aromatic N) is 4. The molecular weight excluding hydrogens is 451 g/mol. The number of nitrogens with one attached hydrogen (secondary N) is 2. The number of aliphatic imine (C=N–C) groups is 1. The Bertz CT molecular complexity index is 691. The zero-order valence-electron chi connectivity index (χ0n) is 14.6. The SMILES string of the molecule is CN=C(NCc1cn2ccsc2n1)N1CCC(CC(=O)NC)CC1.I. The Kier molecular flexibility index (Phi) is 7.48. The largest absolute Gasteiger partial charge is 0.359 e. The van der Waals surface area contributed by atoms with E-state index in [-0.39, 0.29) is 29.9 Å². The molecule has 0 radical (unpaired) electrons. The van der Waals surface area contributed by atoms with Crippen molar-refractivity contribution in [1.29, 1.82) is 0 Å². The Morgan fingerprint density at radius 3 is 2.84 bits per heavy atom. The fourth-order valence-corrected chi connectivity index (χ4v) is 3.80. The van der Waals surface area contributed by atoms with Crippen molar-refractivity contribution < 1.29 is 4.79 Å². The summed E-state index contributed by atoms with van der Waals surface area (Å²) in [5, 5.41) is 8.14. The number of guanidine groups is 1. The zero-order valence-corrected chi connectivity index (χ0v) is 17.7. The Labute approximate surface area is 168 Å². The van der Waals surface area contributed by atoms with E-state index in [9.17, 15) is 4.79 Å². The second-order valence-electron chi connectivity index (χ2n) is 6.03. The first-order valence-corrected chi connectivity index (χ1v) is 9.15. The molecule has 0 bridgehead atoms. The van der Waals surface area contributed by atoms with Gasteiger partial charge in [-0.25, -0.2) is 4.98 Å². The molecule has 1 aliphatic rings. The number of aromatic nitrogens is 2. The molecule has 0 atom stereocenters. The summed E-state index contributed by atoms with van der Waals surface area (Å²) in [5.74, 6) is 1.51. The van der Waals surface area contributed by atoms with E-state index in [1.165, 1.54) is 0 Å². The predicted octanol–water partition coefficient (Wildman–Crippen LogP) is 1.94. The third-order valence-corrected chi connectivity index (χ3v) is 5.22. The van der Waals surface area contributed by atoms with Crippen molar-refractivity contribution in [3.8, 4) is 0 Å². The second-order valence-corrected chi connectivity index (χ2v) is 6.91. The lowest BCUT2D eigenvalue weighted by Crippen LogP contribution is -2.45. The minimum absolute atomic E-state index is 0. The number of hydrogen-bond acceptors (Lipinski definition) is 4. The van der Waals surface area contributed by atoms with Crippen LogP contribution >= 0.6 is 35.3 Å². The van der Waals surface area contributed by atoms with Crippen LogP contribution in [0.3, 0.4) is 0 Å². The number of amides is 1. The highest BCUT2D eigenvalue weighted by Crippen LogP contribution is 2.20. The van der Waals surface area contributed by atoms with Gasteiger partial charge in [0.25, 0.3) is 0 Å². The van der Waals surface area contributed by atoms with Gasteiger partial charge in [0.05, 0.1) is 12.2 Å². The molecule has 138 valence electrons. The Balaban J connectivity index is 0.00000225. The zero-order chi connectivity index (χ0) is 16.9. The highest BCUT2D eigenvalue weighted by atomic mass is 127. The van der Waals surface area contributed by atoms with Gasteiger partial charge in [0.2, 0.25) is 5.91 Å². The molecule has 3 rings (SSSR count). The minimum atomic E-state index is 0. The first-order chi connectivity index (χ1) is 11.7. The van der Waals surface area contributed by atoms with E-state index in [2.05, 4.69) is 25.5 Å². The number of thiazole rings is 1. The normalized spacial score (nSPS) is 15.9. The van der Waals surface area contributed by atoms with Crippen molar-refractivity contribution in [2.75, 3.05) is 27.2 Å². The van der Waals surface area contributed by atoms with Crippen molar-refractivity contribution in [1.82, 2.24) is 24.9 Å². The molecular formula is C16H25IN6OS. The van der Waals surface area contributed by atoms with Gasteiger partial charge in [0.15, 0.2) is 10.9 Å². The monoisotopic (exact) mass is 476 g/mol. The average molecular weight is 476 g/mol. The van der Waals surface area contributed by atoms with Crippen LogP contribution in [0.15, 0.2) is 22.8 Å². The van der Waals surface area contributed by atoms with Crippen molar-refractivity contribution in [3.63, 3.8) is 0 Å². The number of carbonyl (C=O) groups is 1. The minimum Gasteiger partial charge on any atom is -0.359 e. The summed E-state index contributed by atoms with van der Waals surface area (Å²) in [5.41, 5.74) is 1.01. The average Bonchev–Trinajstić information content (AvgIpc) is 3.18. The van der Waals surface area contributed by atoms with Gasteiger partial charge in [-0.1, -0.05) is 0 Å². The Morgan fingerprint density at radius 2 is 2.20 bits per heavy atom. The molecule has 2 aromatic heterocycles. The molecule has 1 amide bonds. The van der Waals surface area contributed by atoms with Crippen LogP contribution < -0.4 is 10.6 Å². The molecule has 3 heterocycles. The molecule has 1 aliphatic heterocycles. The fraction of sp³-hybridized carbons (Fsp3) is 0.562. The van der Waals surface area contributed by atoms with E-state index in [0.717, 1.165) is 42.5 Å². The van der Waals surface area contributed by atoms with E-state index in [4.69, 9.17) is 0 Å². The lowest BCUT2D eigenvalue weighted by atomic mass is 9.93. The van der Waals surface area contributed by atoms with Gasteiger partial charge in [-0.05, 0) is 18.8 Å². The Hall–Kier alpha value is -1.36. The molecule has 0 spiro atoms. The quantitative estimate of drug-likeness (QED) is 0.402. The first kappa shape index (κ1) is 20.0. The standard InChI is InChI=1S/C16H24N6OS.HI/c1-17-14(23)9-12-3-5-21(6-4-12)15(18-2)19-10-13-11-22-7-8-24-16(22)20-13;/h7-8,11-12H,3-6,9-10H2,1-2H3,(H,17,23)(H,18,19);1H. The predicted molar refractivity (Wildman–Crippen MR) is 112 cm³/mol. The lowest BCUT2D eigenvalue weighted by molar-refractivity contribution is -0.121. The van der Waals surface area contributed by atoms with Crippen LogP contribution in [0.1, 0.15) is 25.0 Å². The van der Waals surface area contributed by atoms with Gasteiger partial charge >= 0.3 is 0 Å². The number of likely N-dealkylation sites (tertiary alicyclic amines) is 1. The van der Waals surface area contributed by atoms with Crippen molar-refractivity contribution in [2.24, 2.45) is 10.9 Å². The van der Waals surface area contributed by atoms with Gasteiger partial charge in [0.1, 0.15) is 0 Å². The molecule has 25 heavy (non-hydrogen) atoms. The molecule has 1 fully saturated rings. The molecule has 1 saturated heterocycles. The van der Waals surface area contributed by atoms with Crippen LogP contribution in [0.4, 0.5) is 0 Å². The number of carbonyl (C=O) groups excluding carboxylic acids is 1. The third kappa shape index (κ3) is 5.06. The van der Waals surface area contributed by atoms with Crippen LogP contribution in [0.2, 0.25) is 0 Å². The second kappa shape index (κ2) is 9.37. The maximum absolute atomic E-state index is 11.5. The molecule has 2 aromatic rings. The highest BCUT2D eigenvalue weighted by molar-refractivity contribution is 14.0. The summed E-state index contributed by atoms with van der Waals surface area (Å²) in [6.07, 6.45) is 6.73. The van der Waals surface area contributed by atoms with Crippen LogP contribution in [0.5, 0.6) is 0 Å². The summed E-state index contributed by atoms with van der Waals surface area (Å²) >= 11 is 1.63. The molecule has 9 heteroatoms. The van der Waals surface area contributed by atoms with Crippen molar-refractivity contribution in [2.45, 2.75) is 25.8 Å². The summed E-state index contributed by atoms with van der Waals surface area (Å²) in [6, 6.07) is 0.